The summed E-state index contributed by atoms with van der Waals surface area (Å²) in [5, 5.41) is 9.57. The van der Waals surface area contributed by atoms with E-state index in [2.05, 4.69) is 0 Å². The molecule has 0 unspecified atom stereocenters. The van der Waals surface area contributed by atoms with E-state index in [1.54, 1.807) is 36.4 Å². The van der Waals surface area contributed by atoms with Crippen LogP contribution in [-0.2, 0) is 16.4 Å². The smallest absolute Gasteiger partial charge is 0.216 e. The van der Waals surface area contributed by atoms with E-state index in [0.29, 0.717) is 17.1 Å². The van der Waals surface area contributed by atoms with Gasteiger partial charge >= 0.3 is 0 Å². The number of benzene rings is 3. The molecule has 0 radical (unpaired) electrons. The SMILES string of the molecule is COc1cccc(/C=C(\C#N)S(=O)(=O)c2ccccc2)c1OCc1ccc(C)cc1. The number of nitriles is 1. The van der Waals surface area contributed by atoms with Crippen molar-refractivity contribution in [1.29, 1.82) is 5.26 Å². The third-order valence-corrected chi connectivity index (χ3v) is 6.15. The van der Waals surface area contributed by atoms with Gasteiger partial charge in [0, 0.05) is 5.56 Å². The van der Waals surface area contributed by atoms with Crippen molar-refractivity contribution in [2.45, 2.75) is 18.4 Å². The monoisotopic (exact) mass is 419 g/mol. The van der Waals surface area contributed by atoms with Gasteiger partial charge in [-0.1, -0.05) is 60.2 Å². The van der Waals surface area contributed by atoms with Crippen LogP contribution in [0.15, 0.2) is 82.6 Å². The van der Waals surface area contributed by atoms with Crippen molar-refractivity contribution in [1.82, 2.24) is 0 Å². The maximum absolute atomic E-state index is 12.9. The predicted octanol–water partition coefficient (Wildman–Crippen LogP) is 4.92. The lowest BCUT2D eigenvalue weighted by atomic mass is 10.1. The Morgan fingerprint density at radius 2 is 1.70 bits per heavy atom. The molecule has 0 heterocycles. The van der Waals surface area contributed by atoms with Gasteiger partial charge in [0.2, 0.25) is 9.84 Å². The third kappa shape index (κ3) is 4.70. The van der Waals surface area contributed by atoms with Gasteiger partial charge in [0.05, 0.1) is 12.0 Å². The molecule has 0 amide bonds. The molecule has 3 rings (SSSR count). The average molecular weight is 420 g/mol. The van der Waals surface area contributed by atoms with Crippen molar-refractivity contribution >= 4 is 15.9 Å². The predicted molar refractivity (Wildman–Crippen MR) is 116 cm³/mol. The van der Waals surface area contributed by atoms with E-state index in [1.165, 1.54) is 25.3 Å². The van der Waals surface area contributed by atoms with Crippen LogP contribution in [0.4, 0.5) is 0 Å². The maximum atomic E-state index is 12.9. The zero-order chi connectivity index (χ0) is 21.6. The van der Waals surface area contributed by atoms with Crippen molar-refractivity contribution in [3.63, 3.8) is 0 Å². The second-order valence-corrected chi connectivity index (χ2v) is 8.51. The summed E-state index contributed by atoms with van der Waals surface area (Å²) in [5.74, 6) is 0.821. The molecule has 0 aliphatic heterocycles. The number of hydrogen-bond acceptors (Lipinski definition) is 5. The summed E-state index contributed by atoms with van der Waals surface area (Å²) in [6.07, 6.45) is 1.31. The van der Waals surface area contributed by atoms with E-state index in [1.807, 2.05) is 37.3 Å². The van der Waals surface area contributed by atoms with Crippen molar-refractivity contribution in [2.24, 2.45) is 0 Å². The first kappa shape index (κ1) is 21.2. The Morgan fingerprint density at radius 3 is 2.33 bits per heavy atom. The third-order valence-electron chi connectivity index (χ3n) is 4.47. The molecule has 0 N–H and O–H groups in total. The fourth-order valence-corrected chi connectivity index (χ4v) is 4.01. The van der Waals surface area contributed by atoms with Gasteiger partial charge in [-0.25, -0.2) is 8.42 Å². The molecule has 0 fully saturated rings. The van der Waals surface area contributed by atoms with Gasteiger partial charge in [-0.2, -0.15) is 5.26 Å². The topological polar surface area (TPSA) is 76.4 Å². The number of allylic oxidation sites excluding steroid dienone is 1. The lowest BCUT2D eigenvalue weighted by molar-refractivity contribution is 0.284. The Morgan fingerprint density at radius 1 is 1.00 bits per heavy atom. The minimum absolute atomic E-state index is 0.0582. The molecule has 0 saturated carbocycles. The van der Waals surface area contributed by atoms with Gasteiger partial charge in [0.25, 0.3) is 0 Å². The molecule has 30 heavy (non-hydrogen) atoms. The number of para-hydroxylation sites is 1. The average Bonchev–Trinajstić information content (AvgIpc) is 2.77. The Bertz CT molecular complexity index is 1190. The van der Waals surface area contributed by atoms with Gasteiger partial charge in [-0.15, -0.1) is 0 Å². The first-order chi connectivity index (χ1) is 14.5. The Balaban J connectivity index is 2.00. The highest BCUT2D eigenvalue weighted by molar-refractivity contribution is 7.95. The number of rotatable bonds is 7. The zero-order valence-electron chi connectivity index (χ0n) is 16.7. The van der Waals surface area contributed by atoms with Gasteiger partial charge < -0.3 is 9.47 Å². The minimum Gasteiger partial charge on any atom is -0.493 e. The number of aryl methyl sites for hydroxylation is 1. The number of sulfone groups is 1. The molecule has 0 aliphatic rings. The fourth-order valence-electron chi connectivity index (χ4n) is 2.84. The van der Waals surface area contributed by atoms with E-state index in [9.17, 15) is 13.7 Å². The molecule has 0 bridgehead atoms. The normalized spacial score (nSPS) is 11.6. The molecule has 0 saturated heterocycles. The summed E-state index contributed by atoms with van der Waals surface area (Å²) >= 11 is 0. The van der Waals surface area contributed by atoms with Crippen molar-refractivity contribution < 1.29 is 17.9 Å². The van der Waals surface area contributed by atoms with Crippen LogP contribution in [0.25, 0.3) is 6.08 Å². The van der Waals surface area contributed by atoms with Gasteiger partial charge in [0.1, 0.15) is 17.6 Å². The van der Waals surface area contributed by atoms with Gasteiger partial charge in [0.15, 0.2) is 11.5 Å². The Labute approximate surface area is 176 Å². The standard InChI is InChI=1S/C24H21NO4S/c1-18-11-13-19(14-12-18)17-29-24-20(7-6-10-23(24)28-2)15-22(16-25)30(26,27)21-8-4-3-5-9-21/h3-15H,17H2,1-2H3/b22-15+. The first-order valence-corrected chi connectivity index (χ1v) is 10.7. The van der Waals surface area contributed by atoms with Gasteiger partial charge in [-0.05, 0) is 36.8 Å². The van der Waals surface area contributed by atoms with Crippen LogP contribution in [0, 0.1) is 18.3 Å². The number of methoxy groups -OCH3 is 1. The molecule has 3 aromatic rings. The van der Waals surface area contributed by atoms with E-state index in [0.717, 1.165) is 11.1 Å². The van der Waals surface area contributed by atoms with E-state index >= 15 is 0 Å². The van der Waals surface area contributed by atoms with Crippen LogP contribution < -0.4 is 9.47 Å². The second kappa shape index (κ2) is 9.29. The molecular weight excluding hydrogens is 398 g/mol. The molecule has 0 spiro atoms. The molecule has 0 atom stereocenters. The zero-order valence-corrected chi connectivity index (χ0v) is 17.5. The summed E-state index contributed by atoms with van der Waals surface area (Å²) in [6.45, 7) is 2.28. The number of nitrogens with zero attached hydrogens (tertiary/aromatic N) is 1. The lowest BCUT2D eigenvalue weighted by Crippen LogP contribution is -2.04. The molecule has 152 valence electrons. The van der Waals surface area contributed by atoms with E-state index in [-0.39, 0.29) is 16.4 Å². The van der Waals surface area contributed by atoms with Crippen LogP contribution in [-0.4, -0.2) is 15.5 Å². The van der Waals surface area contributed by atoms with Crippen molar-refractivity contribution in [3.8, 4) is 17.6 Å². The highest BCUT2D eigenvalue weighted by Crippen LogP contribution is 2.34. The summed E-state index contributed by atoms with van der Waals surface area (Å²) in [6, 6.07) is 22.7. The second-order valence-electron chi connectivity index (χ2n) is 6.59. The van der Waals surface area contributed by atoms with Crippen LogP contribution in [0.2, 0.25) is 0 Å². The Kier molecular flexibility index (Phi) is 6.55. The number of ether oxygens (including phenoxy) is 2. The molecule has 0 aromatic heterocycles. The quantitative estimate of drug-likeness (QED) is 0.508. The summed E-state index contributed by atoms with van der Waals surface area (Å²) in [4.78, 5) is -0.315. The lowest BCUT2D eigenvalue weighted by Gasteiger charge is -2.14. The fraction of sp³-hybridized carbons (Fsp3) is 0.125. The van der Waals surface area contributed by atoms with Crippen LogP contribution in [0.3, 0.4) is 0 Å². The molecule has 3 aromatic carbocycles. The molecule has 6 heteroatoms. The van der Waals surface area contributed by atoms with Crippen LogP contribution >= 0.6 is 0 Å². The largest absolute Gasteiger partial charge is 0.493 e. The summed E-state index contributed by atoms with van der Waals surface area (Å²) in [7, 11) is -2.45. The van der Waals surface area contributed by atoms with Crippen LogP contribution in [0.5, 0.6) is 11.5 Å². The first-order valence-electron chi connectivity index (χ1n) is 9.23. The highest BCUT2D eigenvalue weighted by Gasteiger charge is 2.21. The van der Waals surface area contributed by atoms with Crippen molar-refractivity contribution in [3.05, 3.63) is 94.4 Å². The molecular formula is C24H21NO4S. The highest BCUT2D eigenvalue weighted by atomic mass is 32.2. The van der Waals surface area contributed by atoms with E-state index in [4.69, 9.17) is 9.47 Å². The summed E-state index contributed by atoms with van der Waals surface area (Å²) < 4.78 is 37.1. The van der Waals surface area contributed by atoms with E-state index < -0.39 is 9.84 Å². The molecule has 0 aliphatic carbocycles. The van der Waals surface area contributed by atoms with Gasteiger partial charge in [-0.3, -0.25) is 0 Å². The maximum Gasteiger partial charge on any atom is 0.216 e. The molecule has 5 nitrogen and oxygen atoms in total. The minimum atomic E-state index is -3.95. The number of hydrogen-bond donors (Lipinski definition) is 0. The van der Waals surface area contributed by atoms with Crippen LogP contribution in [0.1, 0.15) is 16.7 Å². The Hall–Kier alpha value is -3.56. The van der Waals surface area contributed by atoms with Crippen molar-refractivity contribution in [2.75, 3.05) is 7.11 Å². The summed E-state index contributed by atoms with van der Waals surface area (Å²) in [5.41, 5.74) is 2.54.